The summed E-state index contributed by atoms with van der Waals surface area (Å²) in [6.45, 7) is 1.97. The average molecular weight is 316 g/mol. The fourth-order valence-corrected chi connectivity index (χ4v) is 2.10. The minimum absolute atomic E-state index is 0.0170. The van der Waals surface area contributed by atoms with Crippen molar-refractivity contribution in [1.82, 2.24) is 0 Å². The van der Waals surface area contributed by atoms with Crippen LogP contribution in [-0.4, -0.2) is 29.2 Å². The molecule has 122 valence electrons. The largest absolute Gasteiger partial charge is 0.490 e. The van der Waals surface area contributed by atoms with Crippen molar-refractivity contribution in [2.75, 3.05) is 13.2 Å². The van der Waals surface area contributed by atoms with Gasteiger partial charge in [0.1, 0.15) is 24.7 Å². The predicted molar refractivity (Wildman–Crippen MR) is 85.7 cm³/mol. The number of hydrogen-bond acceptors (Lipinski definition) is 5. The Hall–Kier alpha value is -2.37. The molecule has 0 atom stereocenters. The van der Waals surface area contributed by atoms with Gasteiger partial charge < -0.3 is 19.7 Å². The topological polar surface area (TPSA) is 76.0 Å². The number of aliphatic hydroxyl groups is 2. The first kappa shape index (κ1) is 17.0. The van der Waals surface area contributed by atoms with Gasteiger partial charge in [-0.2, -0.15) is 0 Å². The predicted octanol–water partition coefficient (Wildman–Crippen LogP) is 2.33. The van der Waals surface area contributed by atoms with Crippen LogP contribution in [0.15, 0.2) is 42.5 Å². The summed E-state index contributed by atoms with van der Waals surface area (Å²) in [5.41, 5.74) is 2.02. The van der Waals surface area contributed by atoms with Gasteiger partial charge in [0.2, 0.25) is 0 Å². The summed E-state index contributed by atoms with van der Waals surface area (Å²) in [5.74, 6) is 1.26. The zero-order chi connectivity index (χ0) is 16.7. The Kier molecular flexibility index (Phi) is 6.14. The minimum Gasteiger partial charge on any atom is -0.490 e. The molecule has 0 fully saturated rings. The monoisotopic (exact) mass is 316 g/mol. The van der Waals surface area contributed by atoms with Crippen LogP contribution >= 0.6 is 0 Å². The summed E-state index contributed by atoms with van der Waals surface area (Å²) in [7, 11) is 0. The van der Waals surface area contributed by atoms with E-state index in [1.54, 1.807) is 42.5 Å². The molecule has 0 saturated heterocycles. The maximum atomic E-state index is 11.2. The normalized spacial score (nSPS) is 10.4. The van der Waals surface area contributed by atoms with Crippen LogP contribution in [0, 0.1) is 0 Å². The molecule has 2 N–H and O–H groups in total. The van der Waals surface area contributed by atoms with Gasteiger partial charge in [-0.3, -0.25) is 4.79 Å². The third kappa shape index (κ3) is 5.09. The van der Waals surface area contributed by atoms with Gasteiger partial charge in [0.25, 0.3) is 0 Å². The molecule has 5 heteroatoms. The Balaban J connectivity index is 1.84. The number of ether oxygens (including phenoxy) is 2. The van der Waals surface area contributed by atoms with Gasteiger partial charge in [0.15, 0.2) is 5.78 Å². The molecule has 0 aromatic heterocycles. The number of benzene rings is 2. The van der Waals surface area contributed by atoms with E-state index in [1.165, 1.54) is 6.92 Å². The Morgan fingerprint density at radius 1 is 0.870 bits per heavy atom. The smallest absolute Gasteiger partial charge is 0.159 e. The van der Waals surface area contributed by atoms with Crippen molar-refractivity contribution >= 4 is 5.78 Å². The molecule has 0 saturated carbocycles. The van der Waals surface area contributed by atoms with Crippen LogP contribution in [0.2, 0.25) is 0 Å². The Labute approximate surface area is 135 Å². The number of rotatable bonds is 8. The highest BCUT2D eigenvalue weighted by atomic mass is 16.5. The summed E-state index contributed by atoms with van der Waals surface area (Å²) in [6.07, 6.45) is 0. The third-order valence-corrected chi connectivity index (χ3v) is 3.27. The van der Waals surface area contributed by atoms with E-state index in [1.807, 2.05) is 0 Å². The van der Waals surface area contributed by atoms with Crippen LogP contribution < -0.4 is 9.47 Å². The van der Waals surface area contributed by atoms with E-state index >= 15 is 0 Å². The van der Waals surface area contributed by atoms with E-state index < -0.39 is 0 Å². The lowest BCUT2D eigenvalue weighted by Crippen LogP contribution is -2.09. The van der Waals surface area contributed by atoms with Gasteiger partial charge >= 0.3 is 0 Å². The Morgan fingerprint density at radius 3 is 1.87 bits per heavy atom. The fraction of sp³-hybridized carbons (Fsp3) is 0.278. The lowest BCUT2D eigenvalue weighted by atomic mass is 10.1. The highest BCUT2D eigenvalue weighted by Gasteiger charge is 2.03. The third-order valence-electron chi connectivity index (χ3n) is 3.27. The maximum Gasteiger partial charge on any atom is 0.159 e. The second-order valence-corrected chi connectivity index (χ2v) is 5.08. The second-order valence-electron chi connectivity index (χ2n) is 5.08. The van der Waals surface area contributed by atoms with E-state index in [-0.39, 0.29) is 19.0 Å². The van der Waals surface area contributed by atoms with Crippen LogP contribution in [0.3, 0.4) is 0 Å². The molecule has 0 bridgehead atoms. The number of carbonyl (C=O) groups excluding carboxylic acids is 1. The lowest BCUT2D eigenvalue weighted by molar-refractivity contribution is 0.101. The summed E-state index contributed by atoms with van der Waals surface area (Å²) in [4.78, 5) is 11.2. The molecule has 0 radical (unpaired) electrons. The van der Waals surface area contributed by atoms with Crippen molar-refractivity contribution < 1.29 is 24.5 Å². The first-order valence-electron chi connectivity index (χ1n) is 7.33. The van der Waals surface area contributed by atoms with E-state index in [0.29, 0.717) is 41.4 Å². The van der Waals surface area contributed by atoms with Crippen molar-refractivity contribution in [3.05, 3.63) is 59.2 Å². The van der Waals surface area contributed by atoms with Crippen LogP contribution in [0.4, 0.5) is 0 Å². The number of aliphatic hydroxyl groups excluding tert-OH is 2. The number of carbonyl (C=O) groups is 1. The maximum absolute atomic E-state index is 11.2. The van der Waals surface area contributed by atoms with Gasteiger partial charge in [-0.25, -0.2) is 0 Å². The lowest BCUT2D eigenvalue weighted by Gasteiger charge is -2.11. The van der Waals surface area contributed by atoms with Crippen molar-refractivity contribution in [3.8, 4) is 11.5 Å². The molecule has 0 aliphatic heterocycles. The zero-order valence-electron chi connectivity index (χ0n) is 13.0. The van der Waals surface area contributed by atoms with Crippen LogP contribution in [0.25, 0.3) is 0 Å². The van der Waals surface area contributed by atoms with E-state index in [9.17, 15) is 15.0 Å². The van der Waals surface area contributed by atoms with Crippen molar-refractivity contribution in [3.63, 3.8) is 0 Å². The molecule has 2 aromatic rings. The van der Waals surface area contributed by atoms with E-state index in [0.717, 1.165) is 0 Å². The second kappa shape index (κ2) is 8.31. The average Bonchev–Trinajstić information content (AvgIpc) is 2.58. The fourth-order valence-electron chi connectivity index (χ4n) is 2.10. The molecule has 0 heterocycles. The quantitative estimate of drug-likeness (QED) is 0.577. The van der Waals surface area contributed by atoms with Gasteiger partial charge in [-0.05, 0) is 54.4 Å². The van der Waals surface area contributed by atoms with E-state index in [2.05, 4.69) is 0 Å². The Bertz CT molecular complexity index is 627. The van der Waals surface area contributed by atoms with Gasteiger partial charge in [-0.1, -0.05) is 6.07 Å². The summed E-state index contributed by atoms with van der Waals surface area (Å²) in [6, 6.07) is 12.1. The highest BCUT2D eigenvalue weighted by Crippen LogP contribution is 2.18. The van der Waals surface area contributed by atoms with Crippen LogP contribution in [-0.2, 0) is 13.2 Å². The molecular weight excluding hydrogens is 296 g/mol. The molecule has 0 amide bonds. The standard InChI is InChI=1S/C18H20O5/c1-13(21)16-2-4-17(5-3-16)22-6-7-23-18-9-14(11-19)8-15(10-18)12-20/h2-5,8-10,19-20H,6-7,11-12H2,1H3. The first-order valence-corrected chi connectivity index (χ1v) is 7.33. The molecule has 0 aliphatic rings. The highest BCUT2D eigenvalue weighted by molar-refractivity contribution is 5.94. The van der Waals surface area contributed by atoms with Gasteiger partial charge in [0, 0.05) is 5.56 Å². The van der Waals surface area contributed by atoms with Crippen molar-refractivity contribution in [2.24, 2.45) is 0 Å². The molecule has 23 heavy (non-hydrogen) atoms. The summed E-state index contributed by atoms with van der Waals surface area (Å²) < 4.78 is 11.1. The SMILES string of the molecule is CC(=O)c1ccc(OCCOc2cc(CO)cc(CO)c2)cc1. The Morgan fingerprint density at radius 2 is 1.39 bits per heavy atom. The number of Topliss-reactive ketones (excluding diaryl/α,β-unsaturated/α-hetero) is 1. The molecule has 2 rings (SSSR count). The van der Waals surface area contributed by atoms with E-state index in [4.69, 9.17) is 9.47 Å². The van der Waals surface area contributed by atoms with Gasteiger partial charge in [-0.15, -0.1) is 0 Å². The number of hydrogen-bond donors (Lipinski definition) is 2. The van der Waals surface area contributed by atoms with Crippen molar-refractivity contribution in [2.45, 2.75) is 20.1 Å². The molecule has 5 nitrogen and oxygen atoms in total. The first-order chi connectivity index (χ1) is 11.1. The summed E-state index contributed by atoms with van der Waals surface area (Å²) >= 11 is 0. The van der Waals surface area contributed by atoms with Crippen molar-refractivity contribution in [1.29, 1.82) is 0 Å². The molecule has 2 aromatic carbocycles. The van der Waals surface area contributed by atoms with Crippen LogP contribution in [0.5, 0.6) is 11.5 Å². The molecule has 0 unspecified atom stereocenters. The minimum atomic E-state index is -0.108. The molecule has 0 aliphatic carbocycles. The summed E-state index contributed by atoms with van der Waals surface area (Å²) in [5, 5.41) is 18.4. The van der Waals surface area contributed by atoms with Gasteiger partial charge in [0.05, 0.1) is 13.2 Å². The van der Waals surface area contributed by atoms with Crippen LogP contribution in [0.1, 0.15) is 28.4 Å². The molecule has 0 spiro atoms. The zero-order valence-corrected chi connectivity index (χ0v) is 13.0. The molecular formula is C18H20O5. The number of ketones is 1.